The number of cyclic esters (lactones) is 1. The van der Waals surface area contributed by atoms with Gasteiger partial charge < -0.3 is 10.1 Å². The van der Waals surface area contributed by atoms with Crippen molar-refractivity contribution in [3.05, 3.63) is 70.3 Å². The van der Waals surface area contributed by atoms with Gasteiger partial charge in [0.15, 0.2) is 5.78 Å². The number of hydrogen-bond donors (Lipinski definition) is 1. The van der Waals surface area contributed by atoms with Crippen molar-refractivity contribution in [1.82, 2.24) is 5.32 Å². The van der Waals surface area contributed by atoms with Gasteiger partial charge in [-0.2, -0.15) is 5.26 Å². The summed E-state index contributed by atoms with van der Waals surface area (Å²) in [7, 11) is 0. The van der Waals surface area contributed by atoms with Gasteiger partial charge in [0.2, 0.25) is 5.91 Å². The van der Waals surface area contributed by atoms with Crippen LogP contribution in [0.25, 0.3) is 6.08 Å². The topological polar surface area (TPSA) is 99.5 Å². The summed E-state index contributed by atoms with van der Waals surface area (Å²) >= 11 is 0. The Morgan fingerprint density at radius 2 is 2.09 bits per heavy atom. The molecule has 0 radical (unpaired) electrons. The molecule has 1 N–H and O–H groups in total. The van der Waals surface area contributed by atoms with Crippen LogP contribution in [-0.2, 0) is 16.0 Å². The maximum absolute atomic E-state index is 13.2. The molecule has 1 atom stereocenters. The van der Waals surface area contributed by atoms with Crippen molar-refractivity contribution in [3.8, 4) is 6.07 Å². The van der Waals surface area contributed by atoms with Gasteiger partial charge >= 0.3 is 6.09 Å². The van der Waals surface area contributed by atoms with Crippen LogP contribution < -0.4 is 10.2 Å². The minimum atomic E-state index is -0.460. The van der Waals surface area contributed by atoms with Crippen LogP contribution in [0.2, 0.25) is 0 Å². The van der Waals surface area contributed by atoms with Gasteiger partial charge in [0.05, 0.1) is 24.7 Å². The summed E-state index contributed by atoms with van der Waals surface area (Å²) in [6.07, 6.45) is 3.16. The molecule has 1 aliphatic heterocycles. The fourth-order valence-corrected chi connectivity index (χ4v) is 4.07. The number of rotatable bonds is 4. The molecule has 2 aliphatic rings. The summed E-state index contributed by atoms with van der Waals surface area (Å²) in [5, 5.41) is 11.8. The fourth-order valence-electron chi connectivity index (χ4n) is 4.07. The maximum atomic E-state index is 13.2. The molecule has 0 spiro atoms. The summed E-state index contributed by atoms with van der Waals surface area (Å²) in [5.41, 5.74) is 4.32. The number of Topliss-reactive ketones (excluding diaryl/α,β-unsaturated/α-hetero) is 1. The SMILES string of the molecule is CC(=O)NC[C@H]1CN(c2ccc3c(c2)CCC/C(=C\c2cccc(C#N)c2)C3=O)C(=O)O1. The molecule has 7 nitrogen and oxygen atoms in total. The first-order valence-corrected chi connectivity index (χ1v) is 10.6. The van der Waals surface area contributed by atoms with Crippen molar-refractivity contribution >= 4 is 29.5 Å². The third-order valence-corrected chi connectivity index (χ3v) is 5.64. The molecule has 1 saturated heterocycles. The standard InChI is InChI=1S/C25H23N3O4/c1-16(29)27-14-22-15-28(25(31)32-22)21-8-9-23-19(12-21)6-3-7-20(24(23)30)11-17-4-2-5-18(10-17)13-26/h2,4-5,8-12,22H,3,6-7,14-15H2,1H3,(H,27,29)/b20-11+/t22-/m0/s1. The highest BCUT2D eigenvalue weighted by atomic mass is 16.6. The lowest BCUT2D eigenvalue weighted by Crippen LogP contribution is -2.33. The van der Waals surface area contributed by atoms with Crippen molar-refractivity contribution in [2.24, 2.45) is 0 Å². The Hall–Kier alpha value is -3.92. The fraction of sp³-hybridized carbons (Fsp3) is 0.280. The van der Waals surface area contributed by atoms with Crippen LogP contribution in [0, 0.1) is 11.3 Å². The Bertz CT molecular complexity index is 1160. The lowest BCUT2D eigenvalue weighted by molar-refractivity contribution is -0.119. The first-order chi connectivity index (χ1) is 15.4. The number of ketones is 1. The van der Waals surface area contributed by atoms with E-state index in [1.54, 1.807) is 30.3 Å². The largest absolute Gasteiger partial charge is 0.442 e. The number of hydrogen-bond acceptors (Lipinski definition) is 5. The predicted molar refractivity (Wildman–Crippen MR) is 119 cm³/mol. The number of nitrogens with one attached hydrogen (secondary N) is 1. The zero-order valence-electron chi connectivity index (χ0n) is 17.8. The summed E-state index contributed by atoms with van der Waals surface area (Å²) in [5.74, 6) is -0.204. The minimum absolute atomic E-state index is 0.0288. The Balaban J connectivity index is 1.56. The average molecular weight is 429 g/mol. The van der Waals surface area contributed by atoms with Crippen LogP contribution in [0.5, 0.6) is 0 Å². The van der Waals surface area contributed by atoms with Crippen molar-refractivity contribution in [2.75, 3.05) is 18.0 Å². The molecule has 1 fully saturated rings. The third-order valence-electron chi connectivity index (χ3n) is 5.64. The van der Waals surface area contributed by atoms with Gasteiger partial charge in [-0.15, -0.1) is 0 Å². The number of ether oxygens (including phenoxy) is 1. The number of aryl methyl sites for hydroxylation is 1. The zero-order chi connectivity index (χ0) is 22.7. The summed E-state index contributed by atoms with van der Waals surface area (Å²) in [6, 6.07) is 14.7. The quantitative estimate of drug-likeness (QED) is 0.591. The Morgan fingerprint density at radius 1 is 1.25 bits per heavy atom. The lowest BCUT2D eigenvalue weighted by atomic mass is 9.97. The zero-order valence-corrected chi connectivity index (χ0v) is 17.8. The minimum Gasteiger partial charge on any atom is -0.442 e. The molecule has 0 bridgehead atoms. The number of allylic oxidation sites excluding steroid dienone is 1. The van der Waals surface area contributed by atoms with Gasteiger partial charge in [-0.25, -0.2) is 4.79 Å². The molecule has 2 aromatic rings. The van der Waals surface area contributed by atoms with E-state index in [9.17, 15) is 14.4 Å². The van der Waals surface area contributed by atoms with E-state index in [0.29, 0.717) is 35.4 Å². The van der Waals surface area contributed by atoms with Crippen LogP contribution in [0.1, 0.15) is 46.8 Å². The first kappa shape index (κ1) is 21.3. The van der Waals surface area contributed by atoms with E-state index in [-0.39, 0.29) is 18.2 Å². The summed E-state index contributed by atoms with van der Waals surface area (Å²) in [4.78, 5) is 38.2. The summed E-state index contributed by atoms with van der Waals surface area (Å²) < 4.78 is 5.34. The first-order valence-electron chi connectivity index (χ1n) is 10.6. The number of carbonyl (C=O) groups is 3. The van der Waals surface area contributed by atoms with Crippen molar-refractivity contribution in [2.45, 2.75) is 32.3 Å². The second kappa shape index (κ2) is 9.06. The number of anilines is 1. The third kappa shape index (κ3) is 4.54. The van der Waals surface area contributed by atoms with Crippen molar-refractivity contribution in [1.29, 1.82) is 5.26 Å². The molecule has 0 saturated carbocycles. The molecule has 0 aromatic heterocycles. The van der Waals surface area contributed by atoms with E-state index < -0.39 is 12.2 Å². The average Bonchev–Trinajstić information content (AvgIpc) is 3.09. The van der Waals surface area contributed by atoms with E-state index in [4.69, 9.17) is 10.00 Å². The van der Waals surface area contributed by atoms with E-state index >= 15 is 0 Å². The van der Waals surface area contributed by atoms with Crippen LogP contribution in [0.3, 0.4) is 0 Å². The smallest absolute Gasteiger partial charge is 0.414 e. The van der Waals surface area contributed by atoms with E-state index in [0.717, 1.165) is 24.0 Å². The van der Waals surface area contributed by atoms with E-state index in [1.807, 2.05) is 18.2 Å². The van der Waals surface area contributed by atoms with Crippen LogP contribution >= 0.6 is 0 Å². The predicted octanol–water partition coefficient (Wildman–Crippen LogP) is 3.62. The van der Waals surface area contributed by atoms with Gasteiger partial charge in [-0.3, -0.25) is 14.5 Å². The van der Waals surface area contributed by atoms with Gasteiger partial charge in [0, 0.05) is 23.7 Å². The molecule has 4 rings (SSSR count). The molecule has 162 valence electrons. The number of carbonyl (C=O) groups excluding carboxylic acids is 3. The molecule has 32 heavy (non-hydrogen) atoms. The maximum Gasteiger partial charge on any atom is 0.414 e. The normalized spacial score (nSPS) is 19.2. The second-order valence-corrected chi connectivity index (χ2v) is 7.98. The van der Waals surface area contributed by atoms with Crippen LogP contribution in [-0.4, -0.2) is 37.0 Å². The Kier molecular flexibility index (Phi) is 6.04. The summed E-state index contributed by atoms with van der Waals surface area (Å²) in [6.45, 7) is 2.02. The highest BCUT2D eigenvalue weighted by Crippen LogP contribution is 2.30. The highest BCUT2D eigenvalue weighted by Gasteiger charge is 2.33. The molecular formula is C25H23N3O4. The molecular weight excluding hydrogens is 406 g/mol. The molecule has 1 heterocycles. The molecule has 2 amide bonds. The number of amides is 2. The molecule has 2 aromatic carbocycles. The highest BCUT2D eigenvalue weighted by molar-refractivity contribution is 6.12. The number of fused-ring (bicyclic) bond motifs is 1. The van der Waals surface area contributed by atoms with Crippen molar-refractivity contribution in [3.63, 3.8) is 0 Å². The second-order valence-electron chi connectivity index (χ2n) is 7.98. The number of nitriles is 1. The monoisotopic (exact) mass is 429 g/mol. The lowest BCUT2D eigenvalue weighted by Gasteiger charge is -2.16. The molecule has 0 unspecified atom stereocenters. The Morgan fingerprint density at radius 3 is 2.88 bits per heavy atom. The van der Waals surface area contributed by atoms with Crippen LogP contribution in [0.15, 0.2) is 48.0 Å². The molecule has 1 aliphatic carbocycles. The van der Waals surface area contributed by atoms with Gasteiger partial charge in [-0.1, -0.05) is 12.1 Å². The van der Waals surface area contributed by atoms with Gasteiger partial charge in [0.25, 0.3) is 0 Å². The Labute approximate surface area is 186 Å². The number of nitrogens with zero attached hydrogens (tertiary/aromatic N) is 2. The van der Waals surface area contributed by atoms with E-state index in [1.165, 1.54) is 11.8 Å². The number of benzene rings is 2. The van der Waals surface area contributed by atoms with Crippen molar-refractivity contribution < 1.29 is 19.1 Å². The molecule has 7 heteroatoms. The van der Waals surface area contributed by atoms with Gasteiger partial charge in [0.1, 0.15) is 6.10 Å². The van der Waals surface area contributed by atoms with Gasteiger partial charge in [-0.05, 0) is 66.8 Å². The van der Waals surface area contributed by atoms with Crippen LogP contribution in [0.4, 0.5) is 10.5 Å². The van der Waals surface area contributed by atoms with E-state index in [2.05, 4.69) is 11.4 Å².